The van der Waals surface area contributed by atoms with Crippen molar-refractivity contribution in [3.05, 3.63) is 65.6 Å². The lowest BCUT2D eigenvalue weighted by Crippen LogP contribution is -2.38. The molecule has 0 radical (unpaired) electrons. The molecule has 4 rings (SSSR count). The second-order valence-corrected chi connectivity index (χ2v) is 5.63. The molecule has 5 heteroatoms. The number of aromatic nitrogens is 1. The van der Waals surface area contributed by atoms with Gasteiger partial charge in [0.25, 0.3) is 0 Å². The van der Waals surface area contributed by atoms with Crippen LogP contribution >= 0.6 is 0 Å². The Kier molecular flexibility index (Phi) is 2.75. The summed E-state index contributed by atoms with van der Waals surface area (Å²) in [5, 5.41) is 13.1. The third kappa shape index (κ3) is 1.78. The molecule has 0 spiro atoms. The van der Waals surface area contributed by atoms with E-state index in [-0.39, 0.29) is 18.0 Å². The van der Waals surface area contributed by atoms with Gasteiger partial charge in [0, 0.05) is 33.9 Å². The highest BCUT2D eigenvalue weighted by Gasteiger charge is 2.47. The average Bonchev–Trinajstić information content (AvgIpc) is 3.08. The molecule has 1 aliphatic rings. The van der Waals surface area contributed by atoms with Crippen molar-refractivity contribution in [1.29, 1.82) is 5.26 Å². The number of nitrogens with one attached hydrogen (secondary N) is 2. The monoisotopic (exact) mass is 305 g/mol. The number of para-hydroxylation sites is 1. The van der Waals surface area contributed by atoms with E-state index in [9.17, 15) is 14.4 Å². The van der Waals surface area contributed by atoms with Crippen molar-refractivity contribution in [3.63, 3.8) is 0 Å². The average molecular weight is 305 g/mol. The fourth-order valence-corrected chi connectivity index (χ4v) is 3.28. The Hall–Kier alpha value is -3.13. The van der Waals surface area contributed by atoms with Crippen LogP contribution in [-0.4, -0.2) is 10.8 Å². The SMILES string of the molecule is N#CCC1(c2c[nH]c3ccc(F)cc23)Nc2ccccc2C1=O. The lowest BCUT2D eigenvalue weighted by Gasteiger charge is -2.25. The number of nitrogens with zero attached hydrogens (tertiary/aromatic N) is 1. The van der Waals surface area contributed by atoms with E-state index in [0.717, 1.165) is 5.52 Å². The van der Waals surface area contributed by atoms with Crippen molar-refractivity contribution >= 4 is 22.4 Å². The molecule has 2 aromatic carbocycles. The van der Waals surface area contributed by atoms with Crippen molar-refractivity contribution in [2.24, 2.45) is 0 Å². The molecule has 112 valence electrons. The first kappa shape index (κ1) is 13.5. The highest BCUT2D eigenvalue weighted by Crippen LogP contribution is 2.43. The van der Waals surface area contributed by atoms with Crippen LogP contribution in [-0.2, 0) is 5.54 Å². The zero-order valence-corrected chi connectivity index (χ0v) is 12.1. The smallest absolute Gasteiger partial charge is 0.195 e. The Morgan fingerprint density at radius 3 is 2.83 bits per heavy atom. The van der Waals surface area contributed by atoms with Gasteiger partial charge in [-0.3, -0.25) is 4.79 Å². The minimum Gasteiger partial charge on any atom is -0.367 e. The molecule has 1 aromatic heterocycles. The second-order valence-electron chi connectivity index (χ2n) is 5.63. The number of benzene rings is 2. The highest BCUT2D eigenvalue weighted by atomic mass is 19.1. The summed E-state index contributed by atoms with van der Waals surface area (Å²) in [6.07, 6.45) is 1.64. The van der Waals surface area contributed by atoms with Crippen LogP contribution in [0.5, 0.6) is 0 Å². The lowest BCUT2D eigenvalue weighted by atomic mass is 9.83. The predicted octanol–water partition coefficient (Wildman–Crippen LogP) is 3.72. The van der Waals surface area contributed by atoms with Crippen LogP contribution in [0.25, 0.3) is 10.9 Å². The second kappa shape index (κ2) is 4.68. The predicted molar refractivity (Wildman–Crippen MR) is 84.6 cm³/mol. The van der Waals surface area contributed by atoms with E-state index < -0.39 is 5.54 Å². The van der Waals surface area contributed by atoms with Gasteiger partial charge in [-0.1, -0.05) is 12.1 Å². The molecule has 3 aromatic rings. The first-order valence-corrected chi connectivity index (χ1v) is 7.22. The lowest BCUT2D eigenvalue weighted by molar-refractivity contribution is 0.0920. The summed E-state index contributed by atoms with van der Waals surface area (Å²) in [4.78, 5) is 16.1. The molecule has 1 aliphatic heterocycles. The van der Waals surface area contributed by atoms with E-state index >= 15 is 0 Å². The maximum absolute atomic E-state index is 13.7. The quantitative estimate of drug-likeness (QED) is 0.758. The molecule has 1 atom stereocenters. The van der Waals surface area contributed by atoms with Gasteiger partial charge in [0.2, 0.25) is 0 Å². The summed E-state index contributed by atoms with van der Waals surface area (Å²) < 4.78 is 13.7. The zero-order valence-electron chi connectivity index (χ0n) is 12.1. The molecule has 2 heterocycles. The van der Waals surface area contributed by atoms with Gasteiger partial charge in [0.1, 0.15) is 11.4 Å². The molecule has 1 unspecified atom stereocenters. The molecule has 2 N–H and O–H groups in total. The van der Waals surface area contributed by atoms with Crippen LogP contribution < -0.4 is 5.32 Å². The van der Waals surface area contributed by atoms with Gasteiger partial charge in [0.15, 0.2) is 5.78 Å². The van der Waals surface area contributed by atoms with E-state index in [4.69, 9.17) is 0 Å². The number of Topliss-reactive ketones (excluding diaryl/α,β-unsaturated/α-hetero) is 1. The first-order chi connectivity index (χ1) is 11.2. The Morgan fingerprint density at radius 1 is 1.22 bits per heavy atom. The normalized spacial score (nSPS) is 19.4. The molecule has 4 nitrogen and oxygen atoms in total. The Bertz CT molecular complexity index is 985. The molecule has 0 fully saturated rings. The first-order valence-electron chi connectivity index (χ1n) is 7.22. The van der Waals surface area contributed by atoms with E-state index in [0.29, 0.717) is 22.2 Å². The van der Waals surface area contributed by atoms with E-state index in [2.05, 4.69) is 16.4 Å². The number of fused-ring (bicyclic) bond motifs is 2. The third-order valence-electron chi connectivity index (χ3n) is 4.36. The van der Waals surface area contributed by atoms with Gasteiger partial charge in [-0.15, -0.1) is 0 Å². The van der Waals surface area contributed by atoms with Crippen LogP contribution in [0.1, 0.15) is 22.3 Å². The number of hydrogen-bond acceptors (Lipinski definition) is 3. The fourth-order valence-electron chi connectivity index (χ4n) is 3.28. The van der Waals surface area contributed by atoms with Gasteiger partial charge in [-0.25, -0.2) is 4.39 Å². The van der Waals surface area contributed by atoms with E-state index in [1.165, 1.54) is 12.1 Å². The molecule has 0 amide bonds. The summed E-state index contributed by atoms with van der Waals surface area (Å²) >= 11 is 0. The van der Waals surface area contributed by atoms with Gasteiger partial charge in [-0.2, -0.15) is 5.26 Å². The molecule has 0 saturated heterocycles. The number of nitriles is 1. The minimum atomic E-state index is -1.19. The zero-order chi connectivity index (χ0) is 16.0. The Balaban J connectivity index is 1.98. The Labute approximate surface area is 131 Å². The van der Waals surface area contributed by atoms with Crippen molar-refractivity contribution in [2.75, 3.05) is 5.32 Å². The third-order valence-corrected chi connectivity index (χ3v) is 4.36. The van der Waals surface area contributed by atoms with Crippen molar-refractivity contribution in [3.8, 4) is 6.07 Å². The summed E-state index contributed by atoms with van der Waals surface area (Å²) in [5.41, 5.74) is 1.37. The molecular formula is C18H12FN3O. The number of aromatic amines is 1. The van der Waals surface area contributed by atoms with E-state index in [1.54, 1.807) is 24.4 Å². The van der Waals surface area contributed by atoms with Crippen molar-refractivity contribution < 1.29 is 9.18 Å². The largest absolute Gasteiger partial charge is 0.367 e. The van der Waals surface area contributed by atoms with Gasteiger partial charge < -0.3 is 10.3 Å². The number of H-pyrrole nitrogens is 1. The molecule has 0 bridgehead atoms. The number of halogens is 1. The van der Waals surface area contributed by atoms with Crippen molar-refractivity contribution in [2.45, 2.75) is 12.0 Å². The highest BCUT2D eigenvalue weighted by molar-refractivity contribution is 6.15. The van der Waals surface area contributed by atoms with Crippen LogP contribution in [0, 0.1) is 17.1 Å². The van der Waals surface area contributed by atoms with Crippen molar-refractivity contribution in [1.82, 2.24) is 4.98 Å². The minimum absolute atomic E-state index is 0.0377. The summed E-state index contributed by atoms with van der Waals surface area (Å²) in [7, 11) is 0. The summed E-state index contributed by atoms with van der Waals surface area (Å²) in [6, 6.07) is 13.6. The van der Waals surface area contributed by atoms with Crippen LogP contribution in [0.2, 0.25) is 0 Å². The number of carbonyl (C=O) groups excluding carboxylic acids is 1. The number of rotatable bonds is 2. The van der Waals surface area contributed by atoms with Crippen LogP contribution in [0.4, 0.5) is 10.1 Å². The Morgan fingerprint density at radius 2 is 2.04 bits per heavy atom. The molecular weight excluding hydrogens is 293 g/mol. The number of hydrogen-bond donors (Lipinski definition) is 2. The number of ketones is 1. The maximum atomic E-state index is 13.7. The van der Waals surface area contributed by atoms with Gasteiger partial charge in [0.05, 0.1) is 12.5 Å². The van der Waals surface area contributed by atoms with E-state index in [1.807, 2.05) is 12.1 Å². The molecule has 23 heavy (non-hydrogen) atoms. The van der Waals surface area contributed by atoms with Crippen LogP contribution in [0.15, 0.2) is 48.7 Å². The summed E-state index contributed by atoms with van der Waals surface area (Å²) in [6.45, 7) is 0. The standard InChI is InChI=1S/C18H12FN3O/c19-11-5-6-15-13(9-11)14(10-21-15)18(7-8-20)17(23)12-3-1-2-4-16(12)22-18/h1-6,9-10,21-22H,7H2. The maximum Gasteiger partial charge on any atom is 0.195 e. The number of carbonyl (C=O) groups is 1. The number of anilines is 1. The van der Waals surface area contributed by atoms with Gasteiger partial charge >= 0.3 is 0 Å². The molecule has 0 saturated carbocycles. The summed E-state index contributed by atoms with van der Waals surface area (Å²) in [5.74, 6) is -0.548. The topological polar surface area (TPSA) is 68.7 Å². The van der Waals surface area contributed by atoms with Gasteiger partial charge in [-0.05, 0) is 30.3 Å². The van der Waals surface area contributed by atoms with Crippen LogP contribution in [0.3, 0.4) is 0 Å². The fraction of sp³-hybridized carbons (Fsp3) is 0.111. The molecule has 0 aliphatic carbocycles.